The lowest BCUT2D eigenvalue weighted by molar-refractivity contribution is -0.127. The fourth-order valence-electron chi connectivity index (χ4n) is 2.07. The van der Waals surface area contributed by atoms with Crippen molar-refractivity contribution < 1.29 is 9.53 Å². The second-order valence-corrected chi connectivity index (χ2v) is 5.02. The third-order valence-electron chi connectivity index (χ3n) is 3.12. The molecule has 0 unspecified atom stereocenters. The zero-order valence-corrected chi connectivity index (χ0v) is 9.91. The Balaban J connectivity index is 2.61. The summed E-state index contributed by atoms with van der Waals surface area (Å²) < 4.78 is 5.79. The van der Waals surface area contributed by atoms with Crippen molar-refractivity contribution in [1.29, 1.82) is 0 Å². The number of rotatable bonds is 3. The van der Waals surface area contributed by atoms with Crippen LogP contribution < -0.4 is 0 Å². The Hall–Kier alpha value is -0.370. The van der Waals surface area contributed by atoms with Gasteiger partial charge >= 0.3 is 0 Å². The molecule has 14 heavy (non-hydrogen) atoms. The Morgan fingerprint density at radius 1 is 1.29 bits per heavy atom. The van der Waals surface area contributed by atoms with Crippen LogP contribution in [0.5, 0.6) is 0 Å². The molecule has 0 aromatic rings. The van der Waals surface area contributed by atoms with E-state index in [9.17, 15) is 4.79 Å². The van der Waals surface area contributed by atoms with E-state index in [-0.39, 0.29) is 24.0 Å². The number of ether oxygens (including phenoxy) is 1. The van der Waals surface area contributed by atoms with E-state index in [1.54, 1.807) is 0 Å². The first kappa shape index (κ1) is 11.7. The molecule has 0 aromatic carbocycles. The van der Waals surface area contributed by atoms with Crippen LogP contribution in [0.2, 0.25) is 0 Å². The normalized spacial score (nSPS) is 32.9. The molecule has 1 saturated heterocycles. The van der Waals surface area contributed by atoms with E-state index in [0.29, 0.717) is 11.7 Å². The summed E-state index contributed by atoms with van der Waals surface area (Å²) in [6.45, 7) is 10.3. The van der Waals surface area contributed by atoms with Crippen molar-refractivity contribution in [2.75, 3.05) is 0 Å². The van der Waals surface area contributed by atoms with Gasteiger partial charge in [0.05, 0.1) is 12.2 Å². The maximum atomic E-state index is 11.8. The van der Waals surface area contributed by atoms with Gasteiger partial charge in [0.15, 0.2) is 0 Å². The molecule has 2 nitrogen and oxygen atoms in total. The summed E-state index contributed by atoms with van der Waals surface area (Å²) in [5.74, 6) is 1.14. The number of ketones is 1. The molecule has 1 aliphatic rings. The first-order chi connectivity index (χ1) is 6.43. The SMILES string of the molecule is CC(C)C(=O)[C@@H]1C[C@H](C(C)C)O[C@H]1C. The second-order valence-electron chi connectivity index (χ2n) is 5.02. The van der Waals surface area contributed by atoms with Crippen molar-refractivity contribution in [3.8, 4) is 0 Å². The first-order valence-corrected chi connectivity index (χ1v) is 5.62. The number of hydrogen-bond donors (Lipinski definition) is 0. The molecule has 1 rings (SSSR count). The lowest BCUT2D eigenvalue weighted by Crippen LogP contribution is -2.25. The highest BCUT2D eigenvalue weighted by molar-refractivity contribution is 5.83. The summed E-state index contributed by atoms with van der Waals surface area (Å²) in [4.78, 5) is 11.8. The predicted molar refractivity (Wildman–Crippen MR) is 57.1 cm³/mol. The van der Waals surface area contributed by atoms with Gasteiger partial charge < -0.3 is 4.74 Å². The largest absolute Gasteiger partial charge is 0.374 e. The van der Waals surface area contributed by atoms with Gasteiger partial charge in [-0.05, 0) is 19.3 Å². The minimum Gasteiger partial charge on any atom is -0.374 e. The van der Waals surface area contributed by atoms with Crippen LogP contribution in [0.4, 0.5) is 0 Å². The quantitative estimate of drug-likeness (QED) is 0.697. The molecule has 0 aromatic heterocycles. The van der Waals surface area contributed by atoms with Crippen molar-refractivity contribution in [2.45, 2.75) is 53.2 Å². The number of carbonyl (C=O) groups is 1. The summed E-state index contributed by atoms with van der Waals surface area (Å²) in [7, 11) is 0. The van der Waals surface area contributed by atoms with Gasteiger partial charge in [-0.2, -0.15) is 0 Å². The summed E-state index contributed by atoms with van der Waals surface area (Å²) in [6, 6.07) is 0. The van der Waals surface area contributed by atoms with Gasteiger partial charge in [-0.15, -0.1) is 0 Å². The molecule has 0 spiro atoms. The van der Waals surface area contributed by atoms with Crippen LogP contribution in [-0.4, -0.2) is 18.0 Å². The maximum Gasteiger partial charge on any atom is 0.141 e. The van der Waals surface area contributed by atoms with Crippen LogP contribution >= 0.6 is 0 Å². The van der Waals surface area contributed by atoms with Crippen LogP contribution in [0.3, 0.4) is 0 Å². The van der Waals surface area contributed by atoms with Gasteiger partial charge in [0.1, 0.15) is 5.78 Å². The minimum absolute atomic E-state index is 0.109. The topological polar surface area (TPSA) is 26.3 Å². The zero-order valence-electron chi connectivity index (χ0n) is 9.91. The highest BCUT2D eigenvalue weighted by Crippen LogP contribution is 2.32. The lowest BCUT2D eigenvalue weighted by Gasteiger charge is -2.14. The molecular formula is C12H22O2. The summed E-state index contributed by atoms with van der Waals surface area (Å²) in [5, 5.41) is 0. The van der Waals surface area contributed by atoms with E-state index < -0.39 is 0 Å². The van der Waals surface area contributed by atoms with Crippen molar-refractivity contribution in [3.05, 3.63) is 0 Å². The molecule has 1 heterocycles. The van der Waals surface area contributed by atoms with Crippen LogP contribution in [0.15, 0.2) is 0 Å². The Labute approximate surface area is 87.0 Å². The van der Waals surface area contributed by atoms with Crippen molar-refractivity contribution in [1.82, 2.24) is 0 Å². The van der Waals surface area contributed by atoms with Gasteiger partial charge in [0, 0.05) is 11.8 Å². The van der Waals surface area contributed by atoms with Gasteiger partial charge in [-0.25, -0.2) is 0 Å². The first-order valence-electron chi connectivity index (χ1n) is 5.62. The maximum absolute atomic E-state index is 11.8. The van der Waals surface area contributed by atoms with Gasteiger partial charge in [-0.1, -0.05) is 27.7 Å². The molecule has 0 bridgehead atoms. The Morgan fingerprint density at radius 3 is 2.21 bits per heavy atom. The monoisotopic (exact) mass is 198 g/mol. The van der Waals surface area contributed by atoms with Crippen molar-refractivity contribution in [2.24, 2.45) is 17.8 Å². The molecule has 0 radical (unpaired) electrons. The van der Waals surface area contributed by atoms with E-state index in [1.807, 2.05) is 20.8 Å². The van der Waals surface area contributed by atoms with Crippen molar-refractivity contribution in [3.63, 3.8) is 0 Å². The number of hydrogen-bond acceptors (Lipinski definition) is 2. The fourth-order valence-corrected chi connectivity index (χ4v) is 2.07. The minimum atomic E-state index is 0.109. The van der Waals surface area contributed by atoms with Crippen LogP contribution in [0.1, 0.15) is 41.0 Å². The molecule has 82 valence electrons. The molecule has 3 atom stereocenters. The Kier molecular flexibility index (Phi) is 3.71. The average Bonchev–Trinajstić information content (AvgIpc) is 2.46. The molecule has 1 aliphatic heterocycles. The molecule has 0 saturated carbocycles. The Bertz CT molecular complexity index is 208. The van der Waals surface area contributed by atoms with Gasteiger partial charge in [-0.3, -0.25) is 4.79 Å². The third-order valence-corrected chi connectivity index (χ3v) is 3.12. The Morgan fingerprint density at radius 2 is 1.86 bits per heavy atom. The third kappa shape index (κ3) is 2.35. The summed E-state index contributed by atoms with van der Waals surface area (Å²) >= 11 is 0. The van der Waals surface area contributed by atoms with Gasteiger partial charge in [0.25, 0.3) is 0 Å². The van der Waals surface area contributed by atoms with Gasteiger partial charge in [0.2, 0.25) is 0 Å². The molecule has 0 N–H and O–H groups in total. The highest BCUT2D eigenvalue weighted by atomic mass is 16.5. The highest BCUT2D eigenvalue weighted by Gasteiger charge is 2.38. The van der Waals surface area contributed by atoms with Crippen LogP contribution in [0.25, 0.3) is 0 Å². The summed E-state index contributed by atoms with van der Waals surface area (Å²) in [5.41, 5.74) is 0. The smallest absolute Gasteiger partial charge is 0.141 e. The molecular weight excluding hydrogens is 176 g/mol. The fraction of sp³-hybridized carbons (Fsp3) is 0.917. The number of carbonyl (C=O) groups excluding carboxylic acids is 1. The van der Waals surface area contributed by atoms with Crippen LogP contribution in [0, 0.1) is 17.8 Å². The van der Waals surface area contributed by atoms with E-state index in [1.165, 1.54) is 0 Å². The second kappa shape index (κ2) is 4.43. The lowest BCUT2D eigenvalue weighted by atomic mass is 9.87. The molecule has 0 aliphatic carbocycles. The standard InChI is InChI=1S/C12H22O2/c1-7(2)11-6-10(9(5)14-11)12(13)8(3)4/h7-11H,6H2,1-5H3/t9-,10+,11+/m0/s1. The molecule has 1 fully saturated rings. The molecule has 0 amide bonds. The number of Topliss-reactive ketones (excluding diaryl/α,β-unsaturated/α-hetero) is 1. The molecule has 2 heteroatoms. The zero-order chi connectivity index (χ0) is 10.9. The van der Waals surface area contributed by atoms with Crippen molar-refractivity contribution >= 4 is 5.78 Å². The van der Waals surface area contributed by atoms with E-state index in [4.69, 9.17) is 4.74 Å². The predicted octanol–water partition coefficient (Wildman–Crippen LogP) is 2.66. The van der Waals surface area contributed by atoms with E-state index in [0.717, 1.165) is 6.42 Å². The summed E-state index contributed by atoms with van der Waals surface area (Å²) in [6.07, 6.45) is 1.30. The van der Waals surface area contributed by atoms with E-state index >= 15 is 0 Å². The van der Waals surface area contributed by atoms with E-state index in [2.05, 4.69) is 13.8 Å². The average molecular weight is 198 g/mol. The van der Waals surface area contributed by atoms with Crippen LogP contribution in [-0.2, 0) is 9.53 Å².